The molecule has 2 N–H and O–H groups in total. The maximum absolute atomic E-state index is 12.7. The molecule has 1 aromatic rings. The van der Waals surface area contributed by atoms with Gasteiger partial charge in [-0.2, -0.15) is 13.2 Å². The number of hydrogen-bond acceptors (Lipinski definition) is 3. The van der Waals surface area contributed by atoms with Crippen molar-refractivity contribution in [1.29, 1.82) is 0 Å². The van der Waals surface area contributed by atoms with E-state index in [1.807, 2.05) is 0 Å². The molecule has 0 saturated carbocycles. The first-order chi connectivity index (χ1) is 9.61. The monoisotopic (exact) mass is 345 g/mol. The number of aliphatic hydroxyl groups is 1. The molecule has 4 nitrogen and oxygen atoms in total. The quantitative estimate of drug-likeness (QED) is 0.833. The van der Waals surface area contributed by atoms with E-state index in [2.05, 4.69) is 4.72 Å². The third-order valence-corrected chi connectivity index (χ3v) is 4.69. The van der Waals surface area contributed by atoms with Gasteiger partial charge in [0.25, 0.3) is 0 Å². The zero-order chi connectivity index (χ0) is 16.3. The van der Waals surface area contributed by atoms with Crippen LogP contribution in [0.3, 0.4) is 0 Å². The van der Waals surface area contributed by atoms with Crippen molar-refractivity contribution in [3.63, 3.8) is 0 Å². The Morgan fingerprint density at radius 1 is 1.38 bits per heavy atom. The molecule has 0 aliphatic rings. The van der Waals surface area contributed by atoms with Gasteiger partial charge in [0.2, 0.25) is 10.0 Å². The van der Waals surface area contributed by atoms with Gasteiger partial charge in [0.1, 0.15) is 0 Å². The SMILES string of the molecule is CCC(CCO)NS(=O)(=O)c1ccc(Cl)c(C(F)(F)F)c1. The van der Waals surface area contributed by atoms with E-state index in [4.69, 9.17) is 16.7 Å². The van der Waals surface area contributed by atoms with Gasteiger partial charge < -0.3 is 5.11 Å². The van der Waals surface area contributed by atoms with Crippen molar-refractivity contribution in [1.82, 2.24) is 4.72 Å². The lowest BCUT2D eigenvalue weighted by Gasteiger charge is -2.17. The summed E-state index contributed by atoms with van der Waals surface area (Å²) in [7, 11) is -4.11. The number of sulfonamides is 1. The van der Waals surface area contributed by atoms with E-state index in [-0.39, 0.29) is 13.0 Å². The molecule has 0 spiro atoms. The molecule has 1 aromatic carbocycles. The topological polar surface area (TPSA) is 66.4 Å². The number of rotatable bonds is 6. The molecule has 0 aliphatic heterocycles. The third kappa shape index (κ3) is 4.84. The summed E-state index contributed by atoms with van der Waals surface area (Å²) in [5.74, 6) is 0. The van der Waals surface area contributed by atoms with Crippen molar-refractivity contribution in [3.05, 3.63) is 28.8 Å². The largest absolute Gasteiger partial charge is 0.417 e. The van der Waals surface area contributed by atoms with Crippen LogP contribution < -0.4 is 4.72 Å². The van der Waals surface area contributed by atoms with Crippen LogP contribution in [-0.4, -0.2) is 26.2 Å². The first-order valence-electron chi connectivity index (χ1n) is 6.11. The van der Waals surface area contributed by atoms with Gasteiger partial charge in [-0.15, -0.1) is 0 Å². The van der Waals surface area contributed by atoms with Crippen LogP contribution in [0.25, 0.3) is 0 Å². The fraction of sp³-hybridized carbons (Fsp3) is 0.500. The molecule has 9 heteroatoms. The summed E-state index contributed by atoms with van der Waals surface area (Å²) in [6, 6.07) is 1.85. The van der Waals surface area contributed by atoms with E-state index >= 15 is 0 Å². The highest BCUT2D eigenvalue weighted by Crippen LogP contribution is 2.35. The Kier molecular flexibility index (Phi) is 6.03. The zero-order valence-corrected chi connectivity index (χ0v) is 12.7. The number of alkyl halides is 3. The number of hydrogen-bond donors (Lipinski definition) is 2. The second-order valence-corrected chi connectivity index (χ2v) is 6.50. The Labute approximate surface area is 126 Å². The van der Waals surface area contributed by atoms with Gasteiger partial charge in [0, 0.05) is 12.6 Å². The molecule has 21 heavy (non-hydrogen) atoms. The van der Waals surface area contributed by atoms with Crippen LogP contribution in [0.2, 0.25) is 5.02 Å². The highest BCUT2D eigenvalue weighted by Gasteiger charge is 2.34. The normalized spacial score (nSPS) is 14.2. The smallest absolute Gasteiger partial charge is 0.396 e. The number of nitrogens with one attached hydrogen (secondary N) is 1. The second kappa shape index (κ2) is 6.95. The molecule has 1 unspecified atom stereocenters. The predicted molar refractivity (Wildman–Crippen MR) is 72.6 cm³/mol. The number of halogens is 4. The maximum atomic E-state index is 12.7. The summed E-state index contributed by atoms with van der Waals surface area (Å²) in [6.45, 7) is 1.47. The lowest BCUT2D eigenvalue weighted by atomic mass is 10.2. The third-order valence-electron chi connectivity index (χ3n) is 2.85. The minimum Gasteiger partial charge on any atom is -0.396 e. The molecule has 1 rings (SSSR count). The van der Waals surface area contributed by atoms with Crippen molar-refractivity contribution in [2.45, 2.75) is 36.9 Å². The molecule has 0 bridgehead atoms. The van der Waals surface area contributed by atoms with Gasteiger partial charge in [-0.25, -0.2) is 13.1 Å². The van der Waals surface area contributed by atoms with E-state index in [1.165, 1.54) is 0 Å². The first-order valence-corrected chi connectivity index (χ1v) is 7.98. The molecular weight excluding hydrogens is 331 g/mol. The van der Waals surface area contributed by atoms with E-state index in [0.29, 0.717) is 12.5 Å². The van der Waals surface area contributed by atoms with Crippen molar-refractivity contribution in [2.75, 3.05) is 6.61 Å². The minimum absolute atomic E-state index is 0.176. The molecule has 0 aliphatic carbocycles. The highest BCUT2D eigenvalue weighted by molar-refractivity contribution is 7.89. The number of benzene rings is 1. The van der Waals surface area contributed by atoms with Gasteiger partial charge in [0.15, 0.2) is 0 Å². The molecule has 120 valence electrons. The summed E-state index contributed by atoms with van der Waals surface area (Å²) in [5.41, 5.74) is -1.21. The second-order valence-electron chi connectivity index (χ2n) is 4.38. The lowest BCUT2D eigenvalue weighted by molar-refractivity contribution is -0.137. The lowest BCUT2D eigenvalue weighted by Crippen LogP contribution is -2.35. The van der Waals surface area contributed by atoms with Gasteiger partial charge >= 0.3 is 6.18 Å². The number of aliphatic hydroxyl groups excluding tert-OH is 1. The highest BCUT2D eigenvalue weighted by atomic mass is 35.5. The van der Waals surface area contributed by atoms with E-state index in [9.17, 15) is 21.6 Å². The van der Waals surface area contributed by atoms with Gasteiger partial charge in [0.05, 0.1) is 15.5 Å². The van der Waals surface area contributed by atoms with Crippen molar-refractivity contribution < 1.29 is 26.7 Å². The van der Waals surface area contributed by atoms with Crippen molar-refractivity contribution in [3.8, 4) is 0 Å². The van der Waals surface area contributed by atoms with Gasteiger partial charge in [-0.05, 0) is 31.0 Å². The van der Waals surface area contributed by atoms with Crippen molar-refractivity contribution >= 4 is 21.6 Å². The standard InChI is InChI=1S/C12H15ClF3NO3S/c1-2-8(5-6-18)17-21(19,20)9-3-4-11(13)10(7-9)12(14,15)16/h3-4,7-8,17-18H,2,5-6H2,1H3. The Balaban J connectivity index is 3.15. The van der Waals surface area contributed by atoms with Crippen LogP contribution >= 0.6 is 11.6 Å². The van der Waals surface area contributed by atoms with Gasteiger partial charge in [-0.3, -0.25) is 0 Å². The van der Waals surface area contributed by atoms with Gasteiger partial charge in [-0.1, -0.05) is 18.5 Å². The van der Waals surface area contributed by atoms with Crippen molar-refractivity contribution in [2.24, 2.45) is 0 Å². The Bertz CT molecular complexity index is 590. The first kappa shape index (κ1) is 18.2. The summed E-state index contributed by atoms with van der Waals surface area (Å²) in [6.07, 6.45) is -4.16. The molecule has 0 aromatic heterocycles. The maximum Gasteiger partial charge on any atom is 0.417 e. The molecule has 1 atom stereocenters. The van der Waals surface area contributed by atoms with E-state index in [0.717, 1.165) is 12.1 Å². The summed E-state index contributed by atoms with van der Waals surface area (Å²) >= 11 is 5.45. The van der Waals surface area contributed by atoms with E-state index in [1.54, 1.807) is 6.92 Å². The Morgan fingerprint density at radius 3 is 2.48 bits per heavy atom. The van der Waals surface area contributed by atoms with Crippen LogP contribution in [0.15, 0.2) is 23.1 Å². The summed E-state index contributed by atoms with van der Waals surface area (Å²) < 4.78 is 64.6. The Hall–Kier alpha value is -0.830. The minimum atomic E-state index is -4.74. The fourth-order valence-corrected chi connectivity index (χ4v) is 3.28. The zero-order valence-electron chi connectivity index (χ0n) is 11.1. The molecule has 0 heterocycles. The Morgan fingerprint density at radius 2 is 2.00 bits per heavy atom. The molecule has 0 radical (unpaired) electrons. The molecule has 0 saturated heterocycles. The fourth-order valence-electron chi connectivity index (χ4n) is 1.68. The molecule has 0 amide bonds. The van der Waals surface area contributed by atoms with Crippen LogP contribution in [0.4, 0.5) is 13.2 Å². The molecular formula is C12H15ClF3NO3S. The average Bonchev–Trinajstić information content (AvgIpc) is 2.36. The predicted octanol–water partition coefficient (Wildman–Crippen LogP) is 2.80. The van der Waals surface area contributed by atoms with Crippen LogP contribution in [0.1, 0.15) is 25.3 Å². The summed E-state index contributed by atoms with van der Waals surface area (Å²) in [4.78, 5) is -0.518. The van der Waals surface area contributed by atoms with Crippen LogP contribution in [-0.2, 0) is 16.2 Å². The van der Waals surface area contributed by atoms with Crippen LogP contribution in [0, 0.1) is 0 Å². The molecule has 0 fully saturated rings. The summed E-state index contributed by atoms with van der Waals surface area (Å²) in [5, 5.41) is 8.26. The van der Waals surface area contributed by atoms with Crippen LogP contribution in [0.5, 0.6) is 0 Å². The van der Waals surface area contributed by atoms with E-state index < -0.39 is 37.7 Å². The average molecular weight is 346 g/mol.